The van der Waals surface area contributed by atoms with Crippen LogP contribution in [0.1, 0.15) is 32.7 Å². The Morgan fingerprint density at radius 1 is 1.19 bits per heavy atom. The monoisotopic (exact) mass is 424 g/mol. The average molecular weight is 424 g/mol. The molecule has 2 aromatic heterocycles. The van der Waals surface area contributed by atoms with Gasteiger partial charge in [0.1, 0.15) is 24.2 Å². The van der Waals surface area contributed by atoms with E-state index in [0.717, 1.165) is 5.56 Å². The molecule has 10 heteroatoms. The van der Waals surface area contributed by atoms with E-state index in [2.05, 4.69) is 25.4 Å². The Bertz CT molecular complexity index is 1070. The molecule has 3 aromatic rings. The lowest BCUT2D eigenvalue weighted by Crippen LogP contribution is -2.37. The fourth-order valence-electron chi connectivity index (χ4n) is 3.35. The molecule has 3 heterocycles. The smallest absolute Gasteiger partial charge is 0.415 e. The number of nitrogens with zero attached hydrogens (tertiary/aromatic N) is 5. The molecule has 0 bridgehead atoms. The highest BCUT2D eigenvalue weighted by molar-refractivity contribution is 5.89. The molecule has 1 aliphatic rings. The van der Waals surface area contributed by atoms with Crippen molar-refractivity contribution >= 4 is 17.9 Å². The minimum Gasteiger partial charge on any atom is -0.496 e. The lowest BCUT2D eigenvalue weighted by Gasteiger charge is -2.23. The summed E-state index contributed by atoms with van der Waals surface area (Å²) in [4.78, 5) is 27.0. The summed E-state index contributed by atoms with van der Waals surface area (Å²) in [6.45, 7) is 6.28. The van der Waals surface area contributed by atoms with Gasteiger partial charge in [-0.05, 0) is 31.0 Å². The van der Waals surface area contributed by atoms with Crippen molar-refractivity contribution in [3.8, 4) is 17.1 Å². The van der Waals surface area contributed by atoms with E-state index in [-0.39, 0.29) is 18.0 Å². The molecule has 1 aliphatic heterocycles. The lowest BCUT2D eigenvalue weighted by molar-refractivity contribution is 0.177. The summed E-state index contributed by atoms with van der Waals surface area (Å²) < 4.78 is 16.0. The topological polar surface area (TPSA) is 116 Å². The van der Waals surface area contributed by atoms with Crippen LogP contribution in [0.4, 0.5) is 16.6 Å². The van der Waals surface area contributed by atoms with Gasteiger partial charge in [0.05, 0.1) is 18.7 Å². The Labute approximate surface area is 179 Å². The van der Waals surface area contributed by atoms with E-state index in [1.165, 1.54) is 0 Å². The first-order valence-corrected chi connectivity index (χ1v) is 10.0. The fourth-order valence-corrected chi connectivity index (χ4v) is 3.35. The number of carbonyl (C=O) groups excluding carboxylic acids is 1. The van der Waals surface area contributed by atoms with Crippen molar-refractivity contribution in [3.05, 3.63) is 42.4 Å². The average Bonchev–Trinajstić information content (AvgIpc) is 3.41. The van der Waals surface area contributed by atoms with Crippen LogP contribution in [0.2, 0.25) is 0 Å². The summed E-state index contributed by atoms with van der Waals surface area (Å²) in [5.41, 5.74) is 0.734. The Kier molecular flexibility index (Phi) is 5.70. The Morgan fingerprint density at radius 2 is 2.00 bits per heavy atom. The summed E-state index contributed by atoms with van der Waals surface area (Å²) in [5, 5.41) is 7.21. The maximum absolute atomic E-state index is 12.2. The van der Waals surface area contributed by atoms with Gasteiger partial charge < -0.3 is 19.3 Å². The summed E-state index contributed by atoms with van der Waals surface area (Å²) >= 11 is 0. The molecule has 1 saturated heterocycles. The second-order valence-electron chi connectivity index (χ2n) is 7.52. The van der Waals surface area contributed by atoms with Crippen LogP contribution >= 0.6 is 0 Å². The van der Waals surface area contributed by atoms with E-state index in [4.69, 9.17) is 14.0 Å². The van der Waals surface area contributed by atoms with Crippen LogP contribution in [-0.4, -0.2) is 46.0 Å². The van der Waals surface area contributed by atoms with Crippen LogP contribution < -0.4 is 15.0 Å². The lowest BCUT2D eigenvalue weighted by atomic mass is 10.0. The molecule has 1 amide bonds. The number of nitrogens with one attached hydrogen (secondary N) is 1. The highest BCUT2D eigenvalue weighted by Crippen LogP contribution is 2.29. The number of anilines is 2. The van der Waals surface area contributed by atoms with E-state index in [9.17, 15) is 4.79 Å². The zero-order valence-corrected chi connectivity index (χ0v) is 17.8. The number of hydrogen-bond donors (Lipinski definition) is 1. The first-order valence-electron chi connectivity index (χ1n) is 10.0. The van der Waals surface area contributed by atoms with Crippen LogP contribution in [0, 0.1) is 5.92 Å². The number of amides is 1. The van der Waals surface area contributed by atoms with E-state index < -0.39 is 6.09 Å². The molecule has 1 N–H and O–H groups in total. The first-order chi connectivity index (χ1) is 15.0. The number of hydrogen-bond acceptors (Lipinski definition) is 9. The molecule has 0 spiro atoms. The summed E-state index contributed by atoms with van der Waals surface area (Å²) in [7, 11) is 1.59. The molecule has 2 atom stereocenters. The van der Waals surface area contributed by atoms with E-state index in [1.807, 2.05) is 45.0 Å². The molecule has 0 aliphatic carbocycles. The zero-order valence-electron chi connectivity index (χ0n) is 17.8. The SMILES string of the molecule is COc1ccccc1-c1noc([C@H](C)Nc2nccc(N3C(=O)OC[C@@H]3C(C)C)n2)n1. The number of methoxy groups -OCH3 is 1. The third-order valence-electron chi connectivity index (χ3n) is 5.07. The summed E-state index contributed by atoms with van der Waals surface area (Å²) in [5.74, 6) is 2.49. The number of ether oxygens (including phenoxy) is 2. The molecule has 10 nitrogen and oxygen atoms in total. The van der Waals surface area contributed by atoms with Gasteiger partial charge in [0.15, 0.2) is 0 Å². The van der Waals surface area contributed by atoms with E-state index in [1.54, 1.807) is 24.3 Å². The number of carbonyl (C=O) groups is 1. The molecule has 4 rings (SSSR count). The van der Waals surface area contributed by atoms with Crippen LogP contribution in [0.5, 0.6) is 5.75 Å². The third-order valence-corrected chi connectivity index (χ3v) is 5.07. The molecule has 162 valence electrons. The highest BCUT2D eigenvalue weighted by atomic mass is 16.6. The molecular formula is C21H24N6O4. The minimum atomic E-state index is -0.408. The van der Waals surface area contributed by atoms with E-state index >= 15 is 0 Å². The normalized spacial score (nSPS) is 17.0. The first kappa shape index (κ1) is 20.6. The molecule has 0 saturated carbocycles. The van der Waals surface area contributed by atoms with Crippen LogP contribution in [-0.2, 0) is 4.74 Å². The van der Waals surface area contributed by atoms with Gasteiger partial charge in [0, 0.05) is 6.20 Å². The largest absolute Gasteiger partial charge is 0.496 e. The van der Waals surface area contributed by atoms with Crippen molar-refractivity contribution < 1.29 is 18.8 Å². The predicted octanol–water partition coefficient (Wildman–Crippen LogP) is 3.69. The number of cyclic esters (lactones) is 1. The number of benzene rings is 1. The zero-order chi connectivity index (χ0) is 22.0. The van der Waals surface area contributed by atoms with Crippen molar-refractivity contribution in [1.29, 1.82) is 0 Å². The van der Waals surface area contributed by atoms with Crippen LogP contribution in [0.15, 0.2) is 41.1 Å². The summed E-state index contributed by atoms with van der Waals surface area (Å²) in [6, 6.07) is 8.69. The second-order valence-corrected chi connectivity index (χ2v) is 7.52. The maximum Gasteiger partial charge on any atom is 0.415 e. The molecule has 1 aromatic carbocycles. The molecule has 31 heavy (non-hydrogen) atoms. The van der Waals surface area contributed by atoms with Crippen molar-refractivity contribution in [3.63, 3.8) is 0 Å². The number of aromatic nitrogens is 4. The second kappa shape index (κ2) is 8.58. The van der Waals surface area contributed by atoms with E-state index in [0.29, 0.717) is 35.8 Å². The van der Waals surface area contributed by atoms with Crippen LogP contribution in [0.25, 0.3) is 11.4 Å². The molecule has 0 radical (unpaired) electrons. The van der Waals surface area contributed by atoms with Gasteiger partial charge in [-0.3, -0.25) is 4.90 Å². The number of para-hydroxylation sites is 1. The highest BCUT2D eigenvalue weighted by Gasteiger charge is 2.37. The van der Waals surface area contributed by atoms with Gasteiger partial charge in [0.25, 0.3) is 0 Å². The number of rotatable bonds is 7. The molecule has 1 fully saturated rings. The standard InChI is InChI=1S/C21H24N6O4/c1-12(2)15-11-30-21(28)27(15)17-9-10-22-20(24-17)23-13(3)19-25-18(26-31-19)14-7-5-6-8-16(14)29-4/h5-10,12-13,15H,11H2,1-4H3,(H,22,23,24)/t13-,15+/m0/s1. The Morgan fingerprint density at radius 3 is 2.77 bits per heavy atom. The molecular weight excluding hydrogens is 400 g/mol. The van der Waals surface area contributed by atoms with Crippen molar-refractivity contribution in [2.45, 2.75) is 32.9 Å². The summed E-state index contributed by atoms with van der Waals surface area (Å²) in [6.07, 6.45) is 1.18. The van der Waals surface area contributed by atoms with Crippen molar-refractivity contribution in [2.24, 2.45) is 5.92 Å². The third kappa shape index (κ3) is 4.14. The maximum atomic E-state index is 12.2. The quantitative estimate of drug-likeness (QED) is 0.606. The van der Waals surface area contributed by atoms with Crippen LogP contribution in [0.3, 0.4) is 0 Å². The Balaban J connectivity index is 1.52. The van der Waals surface area contributed by atoms with Gasteiger partial charge in [-0.15, -0.1) is 0 Å². The molecule has 0 unspecified atom stereocenters. The Hall–Kier alpha value is -3.69. The van der Waals surface area contributed by atoms with Gasteiger partial charge in [0.2, 0.25) is 17.7 Å². The predicted molar refractivity (Wildman–Crippen MR) is 113 cm³/mol. The minimum absolute atomic E-state index is 0.0768. The van der Waals surface area contributed by atoms with Gasteiger partial charge >= 0.3 is 6.09 Å². The fraction of sp³-hybridized carbons (Fsp3) is 0.381. The van der Waals surface area contributed by atoms with Crippen molar-refractivity contribution in [2.75, 3.05) is 23.9 Å². The van der Waals surface area contributed by atoms with Gasteiger partial charge in [-0.1, -0.05) is 31.1 Å². The van der Waals surface area contributed by atoms with Gasteiger partial charge in [-0.2, -0.15) is 9.97 Å². The van der Waals surface area contributed by atoms with Crippen molar-refractivity contribution in [1.82, 2.24) is 20.1 Å². The van der Waals surface area contributed by atoms with Gasteiger partial charge in [-0.25, -0.2) is 9.78 Å².